The summed E-state index contributed by atoms with van der Waals surface area (Å²) >= 11 is 0. The standard InChI is InChI=1S/C19H24N2O5S/c1-25-18-10-14(11-20)6-7-17(18)26-12-19(22)21(15-4-2-3-5-15)16-8-9-27(23,24)13-16/h6-7,10,15-16H,2-5,8-9,12-13H2,1H3/t16-/m0/s1. The number of ether oxygens (including phenoxy) is 2. The van der Waals surface area contributed by atoms with Gasteiger partial charge in [-0.1, -0.05) is 12.8 Å². The summed E-state index contributed by atoms with van der Waals surface area (Å²) in [5, 5.41) is 8.97. The fourth-order valence-electron chi connectivity index (χ4n) is 3.95. The van der Waals surface area contributed by atoms with Crippen LogP contribution in [0.5, 0.6) is 11.5 Å². The Morgan fingerprint density at radius 1 is 1.22 bits per heavy atom. The van der Waals surface area contributed by atoms with Gasteiger partial charge in [0.25, 0.3) is 5.91 Å². The van der Waals surface area contributed by atoms with Gasteiger partial charge in [0.15, 0.2) is 27.9 Å². The molecule has 0 spiro atoms. The fraction of sp³-hybridized carbons (Fsp3) is 0.579. The van der Waals surface area contributed by atoms with E-state index in [1.165, 1.54) is 7.11 Å². The van der Waals surface area contributed by atoms with E-state index in [9.17, 15) is 13.2 Å². The number of hydrogen-bond acceptors (Lipinski definition) is 6. The summed E-state index contributed by atoms with van der Waals surface area (Å²) in [7, 11) is -1.60. The first-order valence-electron chi connectivity index (χ1n) is 9.16. The van der Waals surface area contributed by atoms with Crippen molar-refractivity contribution in [3.63, 3.8) is 0 Å². The molecule has 2 aliphatic rings. The van der Waals surface area contributed by atoms with Crippen molar-refractivity contribution in [2.45, 2.75) is 44.2 Å². The first kappa shape index (κ1) is 19.5. The minimum absolute atomic E-state index is 0.0371. The van der Waals surface area contributed by atoms with Crippen molar-refractivity contribution < 1.29 is 22.7 Å². The van der Waals surface area contributed by atoms with Gasteiger partial charge in [0.1, 0.15) is 0 Å². The van der Waals surface area contributed by atoms with Crippen LogP contribution in [0.3, 0.4) is 0 Å². The van der Waals surface area contributed by atoms with Gasteiger partial charge in [-0.2, -0.15) is 5.26 Å². The molecule has 0 radical (unpaired) electrons. The average Bonchev–Trinajstić information content (AvgIpc) is 3.30. The molecule has 0 N–H and O–H groups in total. The molecule has 2 fully saturated rings. The summed E-state index contributed by atoms with van der Waals surface area (Å²) in [5.41, 5.74) is 0.439. The predicted molar refractivity (Wildman–Crippen MR) is 99.4 cm³/mol. The molecular formula is C19H24N2O5S. The number of nitrogens with zero attached hydrogens (tertiary/aromatic N) is 2. The van der Waals surface area contributed by atoms with E-state index in [0.29, 0.717) is 23.5 Å². The van der Waals surface area contributed by atoms with Crippen LogP contribution in [0.2, 0.25) is 0 Å². The Bertz CT molecular complexity index is 840. The summed E-state index contributed by atoms with van der Waals surface area (Å²) < 4.78 is 34.7. The third-order valence-electron chi connectivity index (χ3n) is 5.25. The third kappa shape index (κ3) is 4.53. The highest BCUT2D eigenvalue weighted by Crippen LogP contribution is 2.31. The van der Waals surface area contributed by atoms with Gasteiger partial charge in [-0.25, -0.2) is 8.42 Å². The maximum Gasteiger partial charge on any atom is 0.261 e. The molecule has 0 unspecified atom stereocenters. The van der Waals surface area contributed by atoms with Crippen molar-refractivity contribution in [2.75, 3.05) is 25.2 Å². The minimum Gasteiger partial charge on any atom is -0.493 e. The van der Waals surface area contributed by atoms with Gasteiger partial charge in [-0.3, -0.25) is 4.79 Å². The Kier molecular flexibility index (Phi) is 5.90. The summed E-state index contributed by atoms with van der Waals surface area (Å²) in [6, 6.07) is 6.60. The van der Waals surface area contributed by atoms with Crippen LogP contribution in [-0.2, 0) is 14.6 Å². The highest BCUT2D eigenvalue weighted by Gasteiger charge is 2.39. The molecule has 1 aromatic carbocycles. The lowest BCUT2D eigenvalue weighted by atomic mass is 10.1. The van der Waals surface area contributed by atoms with Crippen LogP contribution in [0.4, 0.5) is 0 Å². The summed E-state index contributed by atoms with van der Waals surface area (Å²) in [6.45, 7) is -0.185. The number of nitriles is 1. The molecule has 0 aromatic heterocycles. The number of amides is 1. The van der Waals surface area contributed by atoms with Crippen LogP contribution < -0.4 is 9.47 Å². The zero-order valence-corrected chi connectivity index (χ0v) is 16.2. The monoisotopic (exact) mass is 392 g/mol. The van der Waals surface area contributed by atoms with Gasteiger partial charge >= 0.3 is 0 Å². The normalized spacial score (nSPS) is 21.6. The van der Waals surface area contributed by atoms with Crippen LogP contribution in [0.25, 0.3) is 0 Å². The lowest BCUT2D eigenvalue weighted by molar-refractivity contribution is -0.137. The largest absolute Gasteiger partial charge is 0.493 e. The predicted octanol–water partition coefficient (Wildman–Crippen LogP) is 1.90. The Balaban J connectivity index is 1.72. The number of carbonyl (C=O) groups excluding carboxylic acids is 1. The maximum absolute atomic E-state index is 12.9. The van der Waals surface area contributed by atoms with E-state index in [0.717, 1.165) is 25.7 Å². The van der Waals surface area contributed by atoms with Crippen molar-refractivity contribution in [2.24, 2.45) is 0 Å². The SMILES string of the molecule is COc1cc(C#N)ccc1OCC(=O)N(C1CCCC1)[C@H]1CCS(=O)(=O)C1. The van der Waals surface area contributed by atoms with Crippen molar-refractivity contribution in [3.05, 3.63) is 23.8 Å². The number of methoxy groups -OCH3 is 1. The second kappa shape index (κ2) is 8.17. The maximum atomic E-state index is 12.9. The smallest absolute Gasteiger partial charge is 0.261 e. The van der Waals surface area contributed by atoms with Crippen molar-refractivity contribution in [1.29, 1.82) is 5.26 Å². The lowest BCUT2D eigenvalue weighted by Crippen LogP contribution is -2.48. The number of rotatable bonds is 6. The molecule has 1 heterocycles. The molecule has 27 heavy (non-hydrogen) atoms. The van der Waals surface area contributed by atoms with Gasteiger partial charge in [0.05, 0.1) is 30.2 Å². The molecule has 1 amide bonds. The molecule has 146 valence electrons. The van der Waals surface area contributed by atoms with Crippen LogP contribution in [0.1, 0.15) is 37.7 Å². The van der Waals surface area contributed by atoms with Gasteiger partial charge in [-0.15, -0.1) is 0 Å². The summed E-state index contributed by atoms with van der Waals surface area (Å²) in [4.78, 5) is 14.7. The first-order chi connectivity index (χ1) is 12.9. The molecular weight excluding hydrogens is 368 g/mol. The fourth-order valence-corrected chi connectivity index (χ4v) is 5.66. The molecule has 0 bridgehead atoms. The number of hydrogen-bond donors (Lipinski definition) is 0. The van der Waals surface area contributed by atoms with E-state index >= 15 is 0 Å². The van der Waals surface area contributed by atoms with E-state index in [1.54, 1.807) is 23.1 Å². The van der Waals surface area contributed by atoms with E-state index in [-0.39, 0.29) is 36.1 Å². The zero-order valence-electron chi connectivity index (χ0n) is 15.4. The van der Waals surface area contributed by atoms with Crippen molar-refractivity contribution >= 4 is 15.7 Å². The Labute approximate surface area is 159 Å². The van der Waals surface area contributed by atoms with E-state index in [4.69, 9.17) is 14.7 Å². The Hall–Kier alpha value is -2.27. The summed E-state index contributed by atoms with van der Waals surface area (Å²) in [6.07, 6.45) is 4.41. The molecule has 1 aliphatic heterocycles. The molecule has 1 saturated carbocycles. The molecule has 1 atom stereocenters. The van der Waals surface area contributed by atoms with Gasteiger partial charge in [-0.05, 0) is 31.4 Å². The molecule has 1 aromatic rings. The molecule has 8 heteroatoms. The number of benzene rings is 1. The second-order valence-electron chi connectivity index (χ2n) is 7.06. The highest BCUT2D eigenvalue weighted by molar-refractivity contribution is 7.91. The highest BCUT2D eigenvalue weighted by atomic mass is 32.2. The Morgan fingerprint density at radius 3 is 2.56 bits per heavy atom. The average molecular weight is 392 g/mol. The molecule has 3 rings (SSSR count). The minimum atomic E-state index is -3.07. The van der Waals surface area contributed by atoms with Gasteiger partial charge in [0.2, 0.25) is 0 Å². The van der Waals surface area contributed by atoms with E-state index in [2.05, 4.69) is 0 Å². The number of sulfone groups is 1. The molecule has 1 aliphatic carbocycles. The first-order valence-corrected chi connectivity index (χ1v) is 11.0. The van der Waals surface area contributed by atoms with Gasteiger partial charge in [0, 0.05) is 18.2 Å². The Morgan fingerprint density at radius 2 is 1.96 bits per heavy atom. The van der Waals surface area contributed by atoms with Crippen molar-refractivity contribution in [1.82, 2.24) is 4.90 Å². The molecule has 1 saturated heterocycles. The summed E-state index contributed by atoms with van der Waals surface area (Å²) in [5.74, 6) is 0.747. The van der Waals surface area contributed by atoms with Crippen LogP contribution in [0, 0.1) is 11.3 Å². The van der Waals surface area contributed by atoms with E-state index < -0.39 is 9.84 Å². The van der Waals surface area contributed by atoms with Gasteiger partial charge < -0.3 is 14.4 Å². The number of carbonyl (C=O) groups is 1. The zero-order chi connectivity index (χ0) is 19.4. The van der Waals surface area contributed by atoms with Crippen LogP contribution in [0.15, 0.2) is 18.2 Å². The quantitative estimate of drug-likeness (QED) is 0.734. The van der Waals surface area contributed by atoms with E-state index in [1.807, 2.05) is 6.07 Å². The van der Waals surface area contributed by atoms with Crippen LogP contribution >= 0.6 is 0 Å². The van der Waals surface area contributed by atoms with Crippen molar-refractivity contribution in [3.8, 4) is 17.6 Å². The second-order valence-corrected chi connectivity index (χ2v) is 9.29. The topological polar surface area (TPSA) is 96.7 Å². The molecule has 7 nitrogen and oxygen atoms in total. The van der Waals surface area contributed by atoms with Crippen LogP contribution in [-0.4, -0.2) is 56.5 Å². The third-order valence-corrected chi connectivity index (χ3v) is 7.00. The lowest BCUT2D eigenvalue weighted by Gasteiger charge is -2.34.